The molecule has 6 nitrogen and oxygen atoms in total. The van der Waals surface area contributed by atoms with E-state index in [1.54, 1.807) is 0 Å². The minimum atomic E-state index is -0.563. The number of rotatable bonds is 6. The molecule has 2 N–H and O–H groups in total. The van der Waals surface area contributed by atoms with Crippen molar-refractivity contribution in [1.82, 2.24) is 10.6 Å². The zero-order chi connectivity index (χ0) is 19.1. The Morgan fingerprint density at radius 3 is 1.79 bits per heavy atom. The Labute approximate surface area is 147 Å². The molecule has 0 aliphatic rings. The van der Waals surface area contributed by atoms with Crippen LogP contribution in [-0.4, -0.2) is 36.0 Å². The van der Waals surface area contributed by atoms with Gasteiger partial charge < -0.3 is 20.1 Å². The van der Waals surface area contributed by atoms with Crippen LogP contribution in [0.25, 0.3) is 0 Å². The third kappa shape index (κ3) is 10.3. The first-order valence-electron chi connectivity index (χ1n) is 8.71. The van der Waals surface area contributed by atoms with Crippen LogP contribution in [0.2, 0.25) is 0 Å². The van der Waals surface area contributed by atoms with Crippen molar-refractivity contribution in [3.05, 3.63) is 0 Å². The van der Waals surface area contributed by atoms with E-state index >= 15 is 0 Å². The van der Waals surface area contributed by atoms with Gasteiger partial charge in [0.05, 0.1) is 6.04 Å². The first-order chi connectivity index (χ1) is 10.7. The molecule has 0 aromatic heterocycles. The summed E-state index contributed by atoms with van der Waals surface area (Å²) in [5.74, 6) is 0.572. The molecule has 0 radical (unpaired) electrons. The molecule has 0 aromatic rings. The number of ether oxygens (including phenoxy) is 2. The number of hydrogen-bond donors (Lipinski definition) is 2. The zero-order valence-electron chi connectivity index (χ0n) is 16.8. The fraction of sp³-hybridized carbons (Fsp3) is 0.889. The monoisotopic (exact) mass is 344 g/mol. The quantitative estimate of drug-likeness (QED) is 0.761. The smallest absolute Gasteiger partial charge is 0.407 e. The van der Waals surface area contributed by atoms with E-state index in [-0.39, 0.29) is 12.0 Å². The van der Waals surface area contributed by atoms with E-state index in [2.05, 4.69) is 31.4 Å². The molecule has 142 valence electrons. The normalized spacial score (nSPS) is 15.9. The van der Waals surface area contributed by atoms with Gasteiger partial charge >= 0.3 is 12.2 Å². The number of amides is 2. The largest absolute Gasteiger partial charge is 0.444 e. The molecule has 0 aliphatic carbocycles. The fourth-order valence-electron chi connectivity index (χ4n) is 2.10. The van der Waals surface area contributed by atoms with Crippen LogP contribution < -0.4 is 10.6 Å². The van der Waals surface area contributed by atoms with E-state index < -0.39 is 23.4 Å². The van der Waals surface area contributed by atoms with Gasteiger partial charge in [-0.25, -0.2) is 9.59 Å². The van der Waals surface area contributed by atoms with Crippen LogP contribution in [0.15, 0.2) is 0 Å². The molecule has 3 atom stereocenters. The van der Waals surface area contributed by atoms with Gasteiger partial charge in [-0.05, 0) is 53.4 Å². The topological polar surface area (TPSA) is 76.7 Å². The van der Waals surface area contributed by atoms with Crippen LogP contribution in [0.1, 0.15) is 68.7 Å². The van der Waals surface area contributed by atoms with Crippen molar-refractivity contribution in [2.24, 2.45) is 11.8 Å². The van der Waals surface area contributed by atoms with E-state index in [9.17, 15) is 9.59 Å². The maximum Gasteiger partial charge on any atom is 0.407 e. The number of hydrogen-bond acceptors (Lipinski definition) is 4. The lowest BCUT2D eigenvalue weighted by Gasteiger charge is -2.31. The molecule has 0 spiro atoms. The van der Waals surface area contributed by atoms with Crippen molar-refractivity contribution in [3.8, 4) is 0 Å². The molecule has 0 heterocycles. The van der Waals surface area contributed by atoms with E-state index in [1.807, 2.05) is 41.5 Å². The van der Waals surface area contributed by atoms with Crippen LogP contribution in [0.4, 0.5) is 9.59 Å². The number of nitrogens with one attached hydrogen (secondary N) is 2. The summed E-state index contributed by atoms with van der Waals surface area (Å²) >= 11 is 0. The SMILES string of the molecule is CCC(C)C(C)C(CNC(=O)OC(C)(C)C)NC(=O)OC(C)(C)C. The molecule has 0 rings (SSSR count). The summed E-state index contributed by atoms with van der Waals surface area (Å²) in [6.07, 6.45) is 0.0172. The lowest BCUT2D eigenvalue weighted by atomic mass is 9.87. The van der Waals surface area contributed by atoms with E-state index in [4.69, 9.17) is 9.47 Å². The Hall–Kier alpha value is -1.46. The molecule has 0 aliphatic heterocycles. The predicted molar refractivity (Wildman–Crippen MR) is 96.0 cm³/mol. The lowest BCUT2D eigenvalue weighted by molar-refractivity contribution is 0.0435. The molecular formula is C18H36N2O4. The van der Waals surface area contributed by atoms with Crippen molar-refractivity contribution in [2.75, 3.05) is 6.54 Å². The van der Waals surface area contributed by atoms with Crippen LogP contribution in [0, 0.1) is 11.8 Å². The van der Waals surface area contributed by atoms with Crippen LogP contribution in [0.3, 0.4) is 0 Å². The third-order valence-corrected chi connectivity index (χ3v) is 3.74. The van der Waals surface area contributed by atoms with E-state index in [1.165, 1.54) is 0 Å². The molecular weight excluding hydrogens is 308 g/mol. The highest BCUT2D eigenvalue weighted by Gasteiger charge is 2.27. The van der Waals surface area contributed by atoms with Gasteiger partial charge in [0.1, 0.15) is 11.2 Å². The number of carbonyl (C=O) groups is 2. The van der Waals surface area contributed by atoms with Gasteiger partial charge in [-0.15, -0.1) is 0 Å². The summed E-state index contributed by atoms with van der Waals surface area (Å²) in [4.78, 5) is 23.9. The highest BCUT2D eigenvalue weighted by atomic mass is 16.6. The first-order valence-corrected chi connectivity index (χ1v) is 8.71. The molecule has 24 heavy (non-hydrogen) atoms. The highest BCUT2D eigenvalue weighted by Crippen LogP contribution is 2.19. The Bertz CT molecular complexity index is 410. The van der Waals surface area contributed by atoms with Gasteiger partial charge in [-0.3, -0.25) is 0 Å². The average Bonchev–Trinajstić information content (AvgIpc) is 2.37. The molecule has 0 fully saturated rings. The van der Waals surface area contributed by atoms with Crippen molar-refractivity contribution in [1.29, 1.82) is 0 Å². The Kier molecular flexibility index (Phi) is 8.58. The van der Waals surface area contributed by atoms with Gasteiger partial charge in [0.15, 0.2) is 0 Å². The summed E-state index contributed by atoms with van der Waals surface area (Å²) in [6.45, 7) is 17.5. The molecule has 3 unspecified atom stereocenters. The van der Waals surface area contributed by atoms with E-state index in [0.717, 1.165) is 6.42 Å². The second-order valence-electron chi connectivity index (χ2n) is 8.38. The second kappa shape index (κ2) is 9.14. The summed E-state index contributed by atoms with van der Waals surface area (Å²) in [5, 5.41) is 5.61. The maximum atomic E-state index is 12.1. The summed E-state index contributed by atoms with van der Waals surface area (Å²) in [7, 11) is 0. The standard InChI is InChI=1S/C18H36N2O4/c1-10-12(2)13(3)14(20-16(22)24-18(7,8)9)11-19-15(21)23-17(4,5)6/h12-14H,10-11H2,1-9H3,(H,19,21)(H,20,22). The second-order valence-corrected chi connectivity index (χ2v) is 8.38. The summed E-state index contributed by atoms with van der Waals surface area (Å²) in [6, 6.07) is -0.234. The van der Waals surface area contributed by atoms with Gasteiger partial charge in [-0.2, -0.15) is 0 Å². The zero-order valence-corrected chi connectivity index (χ0v) is 16.8. The third-order valence-electron chi connectivity index (χ3n) is 3.74. The summed E-state index contributed by atoms with van der Waals surface area (Å²) in [5.41, 5.74) is -1.12. The Morgan fingerprint density at radius 1 is 0.917 bits per heavy atom. The Balaban J connectivity index is 4.82. The molecule has 0 saturated heterocycles. The summed E-state index contributed by atoms with van der Waals surface area (Å²) < 4.78 is 10.6. The fourth-order valence-corrected chi connectivity index (χ4v) is 2.10. The first kappa shape index (κ1) is 22.5. The maximum absolute atomic E-state index is 12.1. The van der Waals surface area contributed by atoms with Gasteiger partial charge in [0.25, 0.3) is 0 Å². The van der Waals surface area contributed by atoms with E-state index in [0.29, 0.717) is 12.5 Å². The predicted octanol–water partition coefficient (Wildman–Crippen LogP) is 4.09. The molecule has 6 heteroatoms. The number of alkyl carbamates (subject to hydrolysis) is 2. The average molecular weight is 344 g/mol. The van der Waals surface area contributed by atoms with Crippen molar-refractivity contribution < 1.29 is 19.1 Å². The molecule has 2 amide bonds. The van der Waals surface area contributed by atoms with Crippen molar-refractivity contribution >= 4 is 12.2 Å². The minimum absolute atomic E-state index is 0.178. The highest BCUT2D eigenvalue weighted by molar-refractivity contribution is 5.69. The van der Waals surface area contributed by atoms with Crippen LogP contribution in [-0.2, 0) is 9.47 Å². The minimum Gasteiger partial charge on any atom is -0.444 e. The number of carbonyl (C=O) groups excluding carboxylic acids is 2. The van der Waals surface area contributed by atoms with Crippen LogP contribution >= 0.6 is 0 Å². The van der Waals surface area contributed by atoms with Gasteiger partial charge in [0.2, 0.25) is 0 Å². The van der Waals surface area contributed by atoms with Crippen molar-refractivity contribution in [3.63, 3.8) is 0 Å². The van der Waals surface area contributed by atoms with Gasteiger partial charge in [-0.1, -0.05) is 27.2 Å². The lowest BCUT2D eigenvalue weighted by Crippen LogP contribution is -2.50. The van der Waals surface area contributed by atoms with Crippen LogP contribution in [0.5, 0.6) is 0 Å². The Morgan fingerprint density at radius 2 is 1.38 bits per heavy atom. The van der Waals surface area contributed by atoms with Gasteiger partial charge in [0, 0.05) is 6.54 Å². The molecule has 0 aromatic carbocycles. The van der Waals surface area contributed by atoms with Crippen molar-refractivity contribution in [2.45, 2.75) is 86.0 Å². The molecule has 0 bridgehead atoms. The molecule has 0 saturated carbocycles.